The lowest BCUT2D eigenvalue weighted by atomic mass is 9.98. The Hall–Kier alpha value is -2.61. The summed E-state index contributed by atoms with van der Waals surface area (Å²) in [5.41, 5.74) is 2.85. The highest BCUT2D eigenvalue weighted by atomic mass is 19.1. The van der Waals surface area contributed by atoms with Crippen LogP contribution in [0.4, 0.5) is 4.39 Å². The molecule has 1 fully saturated rings. The van der Waals surface area contributed by atoms with Crippen LogP contribution in [0, 0.1) is 0 Å². The van der Waals surface area contributed by atoms with E-state index in [1.54, 1.807) is 0 Å². The molecule has 1 N–H and O–H groups in total. The summed E-state index contributed by atoms with van der Waals surface area (Å²) in [5.74, 6) is 0. The molecule has 0 radical (unpaired) electrons. The number of hydrogen-bond acceptors (Lipinski definition) is 5. The minimum Gasteiger partial charge on any atom is -0.368 e. The minimum absolute atomic E-state index is 0.253. The number of benzene rings is 3. The normalized spacial score (nSPS) is 25.1. The topological polar surface area (TPSA) is 57.2 Å². The Morgan fingerprint density at radius 2 is 1.00 bits per heavy atom. The van der Waals surface area contributed by atoms with Gasteiger partial charge >= 0.3 is 0 Å². The lowest BCUT2D eigenvalue weighted by molar-refractivity contribution is -0.313. The molecule has 0 aromatic heterocycles. The Kier molecular flexibility index (Phi) is 8.58. The molecule has 33 heavy (non-hydrogen) atoms. The molecule has 174 valence electrons. The largest absolute Gasteiger partial charge is 0.368 e. The van der Waals surface area contributed by atoms with Gasteiger partial charge in [-0.1, -0.05) is 91.0 Å². The summed E-state index contributed by atoms with van der Waals surface area (Å²) in [6.45, 7) is -0.0262. The van der Waals surface area contributed by atoms with E-state index in [-0.39, 0.29) is 19.8 Å². The van der Waals surface area contributed by atoms with E-state index in [4.69, 9.17) is 18.9 Å². The van der Waals surface area contributed by atoms with Gasteiger partial charge in [0.1, 0.15) is 31.1 Å². The number of alkyl halides is 1. The van der Waals surface area contributed by atoms with Crippen LogP contribution in [0.2, 0.25) is 0 Å². The van der Waals surface area contributed by atoms with Crippen LogP contribution in [0.3, 0.4) is 0 Å². The molecule has 0 bridgehead atoms. The van der Waals surface area contributed by atoms with Gasteiger partial charge in [0.25, 0.3) is 0 Å². The summed E-state index contributed by atoms with van der Waals surface area (Å²) >= 11 is 0. The zero-order chi connectivity index (χ0) is 22.9. The smallest absolute Gasteiger partial charge is 0.184 e. The zero-order valence-corrected chi connectivity index (χ0v) is 18.3. The Morgan fingerprint density at radius 3 is 1.42 bits per heavy atom. The first kappa shape index (κ1) is 23.5. The summed E-state index contributed by atoms with van der Waals surface area (Å²) in [6, 6.07) is 28.9. The standard InChI is InChI=1S/C27H29FO5/c28-16-23-24(30-17-20-10-4-1-5-11-20)25(31-18-21-12-6-2-7-13-21)26(27(29)33-23)32-19-22-14-8-3-9-15-22/h1-15,23-27,29H,16-19H2/t23-,24+,25+,26-,27+/m1/s1. The zero-order valence-electron chi connectivity index (χ0n) is 18.3. The lowest BCUT2D eigenvalue weighted by Crippen LogP contribution is -2.60. The third kappa shape index (κ3) is 6.47. The van der Waals surface area contributed by atoms with Crippen molar-refractivity contribution >= 4 is 0 Å². The first-order valence-corrected chi connectivity index (χ1v) is 11.1. The van der Waals surface area contributed by atoms with Crippen molar-refractivity contribution in [1.82, 2.24) is 0 Å². The van der Waals surface area contributed by atoms with Gasteiger partial charge < -0.3 is 24.1 Å². The monoisotopic (exact) mass is 452 g/mol. The Labute approximate surface area is 193 Å². The third-order valence-electron chi connectivity index (χ3n) is 5.62. The number of halogens is 1. The van der Waals surface area contributed by atoms with Crippen molar-refractivity contribution in [3.63, 3.8) is 0 Å². The average molecular weight is 453 g/mol. The molecule has 0 amide bonds. The van der Waals surface area contributed by atoms with Crippen molar-refractivity contribution in [3.05, 3.63) is 108 Å². The Morgan fingerprint density at radius 1 is 0.606 bits per heavy atom. The quantitative estimate of drug-likeness (QED) is 0.493. The molecule has 0 unspecified atom stereocenters. The van der Waals surface area contributed by atoms with Crippen molar-refractivity contribution in [3.8, 4) is 0 Å². The number of aliphatic hydroxyl groups is 1. The summed E-state index contributed by atoms with van der Waals surface area (Å²) in [4.78, 5) is 0. The van der Waals surface area contributed by atoms with Crippen LogP contribution in [0.25, 0.3) is 0 Å². The van der Waals surface area contributed by atoms with Crippen LogP contribution in [-0.4, -0.2) is 42.5 Å². The molecule has 1 aliphatic heterocycles. The molecule has 0 saturated carbocycles. The summed E-state index contributed by atoms with van der Waals surface area (Å²) in [6.07, 6.45) is -4.66. The van der Waals surface area contributed by atoms with Crippen molar-refractivity contribution in [2.45, 2.75) is 50.5 Å². The predicted molar refractivity (Wildman–Crippen MR) is 122 cm³/mol. The second kappa shape index (κ2) is 12.0. The first-order chi connectivity index (χ1) is 16.2. The van der Waals surface area contributed by atoms with Gasteiger partial charge in [0.2, 0.25) is 0 Å². The van der Waals surface area contributed by atoms with Crippen LogP contribution >= 0.6 is 0 Å². The highest BCUT2D eigenvalue weighted by molar-refractivity contribution is 5.15. The van der Waals surface area contributed by atoms with E-state index in [9.17, 15) is 9.50 Å². The molecule has 0 spiro atoms. The van der Waals surface area contributed by atoms with Gasteiger partial charge in [-0.25, -0.2) is 4.39 Å². The van der Waals surface area contributed by atoms with Crippen molar-refractivity contribution < 1.29 is 28.4 Å². The van der Waals surface area contributed by atoms with Gasteiger partial charge in [-0.05, 0) is 16.7 Å². The number of rotatable bonds is 10. The first-order valence-electron chi connectivity index (χ1n) is 11.1. The molecule has 4 rings (SSSR count). The lowest BCUT2D eigenvalue weighted by Gasteiger charge is -2.43. The highest BCUT2D eigenvalue weighted by Gasteiger charge is 2.47. The maximum Gasteiger partial charge on any atom is 0.184 e. The van der Waals surface area contributed by atoms with Crippen LogP contribution in [0.5, 0.6) is 0 Å². The van der Waals surface area contributed by atoms with Gasteiger partial charge in [0.15, 0.2) is 6.29 Å². The molecule has 1 heterocycles. The van der Waals surface area contributed by atoms with Crippen LogP contribution < -0.4 is 0 Å². The number of hydrogen-bond donors (Lipinski definition) is 1. The molecule has 3 aromatic rings. The molecule has 5 atom stereocenters. The van der Waals surface area contributed by atoms with Crippen LogP contribution in [0.15, 0.2) is 91.0 Å². The molecular weight excluding hydrogens is 423 g/mol. The predicted octanol–water partition coefficient (Wildman–Crippen LogP) is 4.43. The summed E-state index contributed by atoms with van der Waals surface area (Å²) < 4.78 is 37.9. The van der Waals surface area contributed by atoms with Gasteiger partial charge in [0, 0.05) is 0 Å². The molecule has 0 aliphatic carbocycles. The van der Waals surface area contributed by atoms with E-state index in [0.29, 0.717) is 0 Å². The second-order valence-corrected chi connectivity index (χ2v) is 8.00. The highest BCUT2D eigenvalue weighted by Crippen LogP contribution is 2.29. The van der Waals surface area contributed by atoms with Gasteiger partial charge in [-0.3, -0.25) is 0 Å². The fourth-order valence-corrected chi connectivity index (χ4v) is 3.89. The van der Waals surface area contributed by atoms with Gasteiger partial charge in [-0.2, -0.15) is 0 Å². The Bertz CT molecular complexity index is 941. The van der Waals surface area contributed by atoms with E-state index >= 15 is 0 Å². The average Bonchev–Trinajstić information content (AvgIpc) is 2.87. The van der Waals surface area contributed by atoms with E-state index in [2.05, 4.69) is 0 Å². The Balaban J connectivity index is 1.53. The summed E-state index contributed by atoms with van der Waals surface area (Å²) in [5, 5.41) is 10.7. The second-order valence-electron chi connectivity index (χ2n) is 8.00. The third-order valence-corrected chi connectivity index (χ3v) is 5.62. The molecule has 5 nitrogen and oxygen atoms in total. The molecule has 1 aliphatic rings. The molecular formula is C27H29FO5. The molecule has 1 saturated heterocycles. The van der Waals surface area contributed by atoms with E-state index < -0.39 is 37.4 Å². The van der Waals surface area contributed by atoms with E-state index in [0.717, 1.165) is 16.7 Å². The van der Waals surface area contributed by atoms with Crippen molar-refractivity contribution in [1.29, 1.82) is 0 Å². The fraction of sp³-hybridized carbons (Fsp3) is 0.333. The summed E-state index contributed by atoms with van der Waals surface area (Å²) in [7, 11) is 0. The van der Waals surface area contributed by atoms with Crippen LogP contribution in [-0.2, 0) is 38.8 Å². The molecule has 6 heteroatoms. The van der Waals surface area contributed by atoms with E-state index in [1.807, 2.05) is 91.0 Å². The number of ether oxygens (including phenoxy) is 4. The maximum absolute atomic E-state index is 13.9. The van der Waals surface area contributed by atoms with Crippen molar-refractivity contribution in [2.24, 2.45) is 0 Å². The molecule has 3 aromatic carbocycles. The SMILES string of the molecule is O[C@H]1O[C@H](CF)[C@H](OCc2ccccc2)[C@H](OCc2ccccc2)[C@H]1OCc1ccccc1. The van der Waals surface area contributed by atoms with Crippen LogP contribution in [0.1, 0.15) is 16.7 Å². The van der Waals surface area contributed by atoms with E-state index in [1.165, 1.54) is 0 Å². The minimum atomic E-state index is -1.34. The van der Waals surface area contributed by atoms with Gasteiger partial charge in [-0.15, -0.1) is 0 Å². The fourth-order valence-electron chi connectivity index (χ4n) is 3.89. The van der Waals surface area contributed by atoms with Crippen molar-refractivity contribution in [2.75, 3.05) is 6.67 Å². The number of aliphatic hydroxyl groups excluding tert-OH is 1. The maximum atomic E-state index is 13.9. The van der Waals surface area contributed by atoms with Gasteiger partial charge in [0.05, 0.1) is 19.8 Å².